The molecule has 0 N–H and O–H groups in total. The van der Waals surface area contributed by atoms with E-state index in [1.165, 1.54) is 6.29 Å². The molecule has 0 aromatic carbocycles. The van der Waals surface area contributed by atoms with E-state index in [0.29, 0.717) is 0 Å². The van der Waals surface area contributed by atoms with Crippen molar-refractivity contribution in [1.82, 2.24) is 0 Å². The van der Waals surface area contributed by atoms with Gasteiger partial charge in [-0.05, 0) is 0 Å². The van der Waals surface area contributed by atoms with Crippen molar-refractivity contribution < 1.29 is 68.2 Å². The summed E-state index contributed by atoms with van der Waals surface area (Å²) < 4.78 is 0. The van der Waals surface area contributed by atoms with Crippen molar-refractivity contribution in [3.05, 3.63) is 14.9 Å². The second-order valence-electron chi connectivity index (χ2n) is 1.30. The van der Waals surface area contributed by atoms with Gasteiger partial charge in [0.25, 0.3) is 0 Å². The minimum absolute atomic E-state index is 0. The molecular formula is C7H11O3WY-. The number of rotatable bonds is 3. The Bertz CT molecular complexity index is 137. The van der Waals surface area contributed by atoms with E-state index in [1.54, 1.807) is 0 Å². The van der Waals surface area contributed by atoms with Crippen LogP contribution in [0.25, 0.3) is 0 Å². The molecule has 0 bridgehead atoms. The van der Waals surface area contributed by atoms with Crippen LogP contribution in [0.1, 0.15) is 13.3 Å². The molecule has 67 valence electrons. The summed E-state index contributed by atoms with van der Waals surface area (Å²) in [5, 5.41) is 0. The fourth-order valence-electron chi connectivity index (χ4n) is 0.190. The van der Waals surface area contributed by atoms with E-state index < -0.39 is 18.0 Å². The Balaban J connectivity index is -0.0000000408. The summed E-state index contributed by atoms with van der Waals surface area (Å²) >= 11 is 0. The van der Waals surface area contributed by atoms with Gasteiger partial charge < -0.3 is 19.6 Å². The van der Waals surface area contributed by atoms with E-state index in [0.717, 1.165) is 6.92 Å². The normalized spacial score (nSPS) is 5.42. The van der Waals surface area contributed by atoms with Gasteiger partial charge in [-0.25, -0.2) is 0 Å². The molecule has 0 atom stereocenters. The number of Topliss-reactive ketones (excluding diaryl/α,β-unsaturated/α-hetero) is 2. The number of hydrogen-bond acceptors (Lipinski definition) is 3. The molecule has 1 radical (unpaired) electrons. The molecule has 0 fully saturated rings. The molecule has 0 rings (SSSR count). The monoisotopic (exact) mass is 416 g/mol. The maximum Gasteiger partial charge on any atom is 2.00 e. The predicted molar refractivity (Wildman–Crippen MR) is 38.8 cm³/mol. The fourth-order valence-corrected chi connectivity index (χ4v) is 0.190. The summed E-state index contributed by atoms with van der Waals surface area (Å²) in [6, 6.07) is 0. The van der Waals surface area contributed by atoms with Gasteiger partial charge in [-0.1, -0.05) is 6.42 Å². The molecule has 0 aliphatic heterocycles. The Morgan fingerprint density at radius 3 is 1.67 bits per heavy atom. The van der Waals surface area contributed by atoms with Crippen LogP contribution in [-0.2, 0) is 68.2 Å². The number of hydrogen-bond donors (Lipinski definition) is 0. The van der Waals surface area contributed by atoms with Gasteiger partial charge in [-0.15, -0.1) is 0 Å². The van der Waals surface area contributed by atoms with Crippen LogP contribution >= 0.6 is 0 Å². The van der Waals surface area contributed by atoms with Crippen molar-refractivity contribution in [3.8, 4) is 0 Å². The standard InChI is InChI=1S/C5H5O3.2CH3.W.Y/c1-4(7)5(8)2-3-6;;;;/h2H2,1H3;2*1H3;;/q3*-1;+2;. The summed E-state index contributed by atoms with van der Waals surface area (Å²) in [5.41, 5.74) is 0. The van der Waals surface area contributed by atoms with Gasteiger partial charge in [0, 0.05) is 39.6 Å². The van der Waals surface area contributed by atoms with Gasteiger partial charge in [0.2, 0.25) is 0 Å². The van der Waals surface area contributed by atoms with Gasteiger partial charge in [0.15, 0.2) is 11.6 Å². The van der Waals surface area contributed by atoms with E-state index in [2.05, 4.69) is 0 Å². The third kappa shape index (κ3) is 17.1. The molecule has 0 unspecified atom stereocenters. The van der Waals surface area contributed by atoms with Crippen LogP contribution < -0.4 is 0 Å². The minimum Gasteiger partial charge on any atom is -0.541 e. The van der Waals surface area contributed by atoms with E-state index in [-0.39, 0.29) is 68.6 Å². The van der Waals surface area contributed by atoms with Gasteiger partial charge in [0.05, 0.1) is 0 Å². The van der Waals surface area contributed by atoms with Gasteiger partial charge in [-0.3, -0.25) is 15.9 Å². The maximum absolute atomic E-state index is 10.1. The predicted octanol–water partition coefficient (Wildman–Crippen LogP) is 0.540. The molecule has 0 aliphatic rings. The Labute approximate surface area is 113 Å². The molecule has 0 aromatic heterocycles. The van der Waals surface area contributed by atoms with E-state index in [1.807, 2.05) is 0 Å². The zero-order chi connectivity index (χ0) is 6.57. The maximum atomic E-state index is 10.1. The Hall–Kier alpha value is 0.802. The summed E-state index contributed by atoms with van der Waals surface area (Å²) in [5.74, 6) is -1.27. The van der Waals surface area contributed by atoms with Gasteiger partial charge >= 0.3 is 21.1 Å². The summed E-state index contributed by atoms with van der Waals surface area (Å²) in [4.78, 5) is 29.6. The molecule has 0 aliphatic carbocycles. The zero-order valence-corrected chi connectivity index (χ0v) is 13.2. The number of carbonyl (C=O) groups is 2. The van der Waals surface area contributed by atoms with Crippen LogP contribution in [0.5, 0.6) is 0 Å². The first-order valence-electron chi connectivity index (χ1n) is 2.07. The molecule has 3 nitrogen and oxygen atoms in total. The van der Waals surface area contributed by atoms with Crippen molar-refractivity contribution >= 4 is 17.9 Å². The third-order valence-corrected chi connectivity index (χ3v) is 0.625. The van der Waals surface area contributed by atoms with Crippen molar-refractivity contribution in [3.63, 3.8) is 0 Å². The molecule has 0 heterocycles. The van der Waals surface area contributed by atoms with Crippen LogP contribution in [0.4, 0.5) is 0 Å². The van der Waals surface area contributed by atoms with Crippen LogP contribution in [0.2, 0.25) is 0 Å². The first-order chi connectivity index (χ1) is 3.68. The quantitative estimate of drug-likeness (QED) is 0.384. The van der Waals surface area contributed by atoms with Crippen LogP contribution in [-0.4, -0.2) is 17.9 Å². The van der Waals surface area contributed by atoms with Crippen molar-refractivity contribution in [2.24, 2.45) is 0 Å². The third-order valence-electron chi connectivity index (χ3n) is 0.625. The smallest absolute Gasteiger partial charge is 0.541 e. The second-order valence-corrected chi connectivity index (χ2v) is 1.30. The van der Waals surface area contributed by atoms with Crippen LogP contribution in [0.15, 0.2) is 0 Å². The molecule has 0 aromatic rings. The van der Waals surface area contributed by atoms with Gasteiger partial charge in [0.1, 0.15) is 0 Å². The minimum atomic E-state index is -0.681. The molecule has 12 heavy (non-hydrogen) atoms. The Kier molecular flexibility index (Phi) is 43.4. The average molecular weight is 416 g/mol. The van der Waals surface area contributed by atoms with Crippen molar-refractivity contribution in [2.75, 3.05) is 0 Å². The van der Waals surface area contributed by atoms with E-state index in [4.69, 9.17) is 0 Å². The summed E-state index contributed by atoms with van der Waals surface area (Å²) in [6.07, 6.45) is 0.921. The largest absolute Gasteiger partial charge is 2.00 e. The SMILES string of the molecule is CC(=O)C(=O)C[C-]=O.[CH3-].[CH3-].[W+2].[Y]. The van der Waals surface area contributed by atoms with E-state index in [9.17, 15) is 14.4 Å². The summed E-state index contributed by atoms with van der Waals surface area (Å²) in [7, 11) is 0. The van der Waals surface area contributed by atoms with Crippen molar-refractivity contribution in [2.45, 2.75) is 13.3 Å². The Morgan fingerprint density at radius 2 is 1.58 bits per heavy atom. The first kappa shape index (κ1) is 29.3. The van der Waals surface area contributed by atoms with Crippen molar-refractivity contribution in [1.29, 1.82) is 0 Å². The fraction of sp³-hybridized carbons (Fsp3) is 0.286. The Morgan fingerprint density at radius 1 is 1.25 bits per heavy atom. The molecule has 0 saturated heterocycles. The van der Waals surface area contributed by atoms with E-state index >= 15 is 0 Å². The molecule has 5 heteroatoms. The first-order valence-corrected chi connectivity index (χ1v) is 2.07. The molecular weight excluding hydrogens is 405 g/mol. The van der Waals surface area contributed by atoms with Crippen LogP contribution in [0, 0.1) is 14.9 Å². The molecule has 0 amide bonds. The zero-order valence-electron chi connectivity index (χ0n) is 7.42. The summed E-state index contributed by atoms with van der Waals surface area (Å²) in [6.45, 7) is 1.12. The topological polar surface area (TPSA) is 51.2 Å². The molecule has 0 saturated carbocycles. The van der Waals surface area contributed by atoms with Crippen LogP contribution in [0.3, 0.4) is 0 Å². The molecule has 0 spiro atoms. The second kappa shape index (κ2) is 17.8. The number of ketones is 2. The van der Waals surface area contributed by atoms with Gasteiger partial charge in [-0.2, -0.15) is 0 Å². The number of carbonyl (C=O) groups excluding carboxylic acids is 3. The average Bonchev–Trinajstić information content (AvgIpc) is 1.67.